The zero-order valence-electron chi connectivity index (χ0n) is 17.7. The zero-order valence-corrected chi connectivity index (χ0v) is 19.3. The monoisotopic (exact) mass is 453 g/mol. The molecule has 0 radical (unpaired) electrons. The summed E-state index contributed by atoms with van der Waals surface area (Å²) in [6.07, 6.45) is 2.52. The predicted molar refractivity (Wildman–Crippen MR) is 126 cm³/mol. The summed E-state index contributed by atoms with van der Waals surface area (Å²) in [4.78, 5) is 43.0. The molecule has 0 bridgehead atoms. The fraction of sp³-hybridized carbons (Fsp3) is 0.304. The number of amides is 3. The molecule has 2 aromatic carbocycles. The van der Waals surface area contributed by atoms with Gasteiger partial charge >= 0.3 is 0 Å². The van der Waals surface area contributed by atoms with E-state index in [9.17, 15) is 14.4 Å². The van der Waals surface area contributed by atoms with Crippen molar-refractivity contribution in [3.63, 3.8) is 0 Å². The van der Waals surface area contributed by atoms with Gasteiger partial charge < -0.3 is 4.57 Å². The van der Waals surface area contributed by atoms with Gasteiger partial charge in [-0.1, -0.05) is 17.4 Å². The van der Waals surface area contributed by atoms with Gasteiger partial charge in [-0.25, -0.2) is 0 Å². The lowest BCUT2D eigenvalue weighted by Gasteiger charge is -2.13. The summed E-state index contributed by atoms with van der Waals surface area (Å²) < 4.78 is 3.25. The minimum atomic E-state index is -0.343. The first kappa shape index (κ1) is 21.5. The fourth-order valence-corrected chi connectivity index (χ4v) is 5.24. The first-order valence-corrected chi connectivity index (χ1v) is 12.2. The molecule has 1 aliphatic rings. The number of nitrogens with zero attached hydrogens (tertiary/aromatic N) is 3. The lowest BCUT2D eigenvalue weighted by molar-refractivity contribution is -0.121. The average Bonchev–Trinajstić information content (AvgIpc) is 3.25. The largest absolute Gasteiger partial charge is 0.315 e. The summed E-state index contributed by atoms with van der Waals surface area (Å²) >= 11 is 3.28. The SMILES string of the molecule is CSCCn1c(=NC(=O)c2ccc(N3C(=O)CCC3=O)cc2)sc2c(C)cc(C)cc21. The number of hydrogen-bond acceptors (Lipinski definition) is 5. The Kier molecular flexibility index (Phi) is 6.11. The highest BCUT2D eigenvalue weighted by Crippen LogP contribution is 2.25. The molecule has 0 N–H and O–H groups in total. The molecule has 31 heavy (non-hydrogen) atoms. The minimum Gasteiger partial charge on any atom is -0.315 e. The molecule has 3 aromatic rings. The Morgan fingerprint density at radius 2 is 1.77 bits per heavy atom. The first-order valence-electron chi connectivity index (χ1n) is 10.0. The average molecular weight is 454 g/mol. The van der Waals surface area contributed by atoms with Crippen molar-refractivity contribution in [3.05, 3.63) is 57.9 Å². The molecule has 3 amide bonds. The van der Waals surface area contributed by atoms with Crippen LogP contribution in [0.2, 0.25) is 0 Å². The second kappa shape index (κ2) is 8.80. The quantitative estimate of drug-likeness (QED) is 0.546. The molecule has 1 aliphatic heterocycles. The Morgan fingerprint density at radius 1 is 1.10 bits per heavy atom. The fourth-order valence-electron chi connectivity index (χ4n) is 3.77. The van der Waals surface area contributed by atoms with Crippen molar-refractivity contribution >= 4 is 56.7 Å². The molecule has 1 saturated heterocycles. The van der Waals surface area contributed by atoms with Crippen LogP contribution in [0.3, 0.4) is 0 Å². The number of imide groups is 1. The third kappa shape index (κ3) is 4.22. The number of rotatable bonds is 5. The van der Waals surface area contributed by atoms with Gasteiger partial charge in [-0.3, -0.25) is 19.3 Å². The van der Waals surface area contributed by atoms with Crippen molar-refractivity contribution in [2.45, 2.75) is 33.2 Å². The molecule has 8 heteroatoms. The number of aromatic nitrogens is 1. The van der Waals surface area contributed by atoms with Crippen LogP contribution < -0.4 is 9.70 Å². The number of thiazole rings is 1. The maximum Gasteiger partial charge on any atom is 0.279 e. The van der Waals surface area contributed by atoms with Crippen LogP contribution in [0.4, 0.5) is 5.69 Å². The Morgan fingerprint density at radius 3 is 2.42 bits per heavy atom. The van der Waals surface area contributed by atoms with Gasteiger partial charge in [-0.2, -0.15) is 16.8 Å². The van der Waals surface area contributed by atoms with Crippen molar-refractivity contribution in [1.82, 2.24) is 4.57 Å². The second-order valence-electron chi connectivity index (χ2n) is 7.55. The Labute approximate surface area is 188 Å². The van der Waals surface area contributed by atoms with Gasteiger partial charge in [-0.05, 0) is 61.6 Å². The standard InChI is InChI=1S/C23H23N3O3S2/c1-14-12-15(2)21-18(13-14)25(10-11-30-3)23(31-21)24-22(29)16-4-6-17(7-5-16)26-19(27)8-9-20(26)28/h4-7,12-13H,8-11H2,1-3H3. The van der Waals surface area contributed by atoms with E-state index in [4.69, 9.17) is 0 Å². The van der Waals surface area contributed by atoms with E-state index in [1.165, 1.54) is 27.4 Å². The topological polar surface area (TPSA) is 71.7 Å². The van der Waals surface area contributed by atoms with Gasteiger partial charge in [0.25, 0.3) is 5.91 Å². The van der Waals surface area contributed by atoms with Crippen LogP contribution in [0.1, 0.15) is 34.3 Å². The van der Waals surface area contributed by atoms with E-state index in [1.54, 1.807) is 36.0 Å². The van der Waals surface area contributed by atoms with Crippen molar-refractivity contribution in [2.75, 3.05) is 16.9 Å². The highest BCUT2D eigenvalue weighted by molar-refractivity contribution is 7.98. The highest BCUT2D eigenvalue weighted by Gasteiger charge is 2.30. The van der Waals surface area contributed by atoms with Gasteiger partial charge in [-0.15, -0.1) is 0 Å². The molecule has 160 valence electrons. The van der Waals surface area contributed by atoms with Crippen LogP contribution >= 0.6 is 23.1 Å². The first-order chi connectivity index (χ1) is 14.9. The lowest BCUT2D eigenvalue weighted by atomic mass is 10.1. The maximum absolute atomic E-state index is 12.9. The number of hydrogen-bond donors (Lipinski definition) is 0. The summed E-state index contributed by atoms with van der Waals surface area (Å²) in [5.41, 5.74) is 4.37. The summed E-state index contributed by atoms with van der Waals surface area (Å²) in [6, 6.07) is 10.8. The molecule has 2 heterocycles. The molecule has 0 saturated carbocycles. The van der Waals surface area contributed by atoms with Crippen LogP contribution in [-0.4, -0.2) is 34.3 Å². The normalized spacial score (nSPS) is 14.8. The highest BCUT2D eigenvalue weighted by atomic mass is 32.2. The second-order valence-corrected chi connectivity index (χ2v) is 9.51. The van der Waals surface area contributed by atoms with Gasteiger partial charge in [0.15, 0.2) is 4.80 Å². The van der Waals surface area contributed by atoms with Crippen LogP contribution in [0, 0.1) is 13.8 Å². The van der Waals surface area contributed by atoms with E-state index in [2.05, 4.69) is 41.8 Å². The molecule has 0 atom stereocenters. The molecule has 6 nitrogen and oxygen atoms in total. The predicted octanol–water partition coefficient (Wildman–Crippen LogP) is 4.08. The molecule has 0 spiro atoms. The Balaban J connectivity index is 1.71. The third-order valence-corrected chi connectivity index (χ3v) is 7.07. The number of thioether (sulfide) groups is 1. The Bertz CT molecular complexity index is 1240. The molecule has 4 rings (SSSR count). The van der Waals surface area contributed by atoms with Crippen molar-refractivity contribution in [3.8, 4) is 0 Å². The van der Waals surface area contributed by atoms with E-state index in [-0.39, 0.29) is 30.6 Å². The molecule has 1 fully saturated rings. The number of carbonyl (C=O) groups excluding carboxylic acids is 3. The van der Waals surface area contributed by atoms with Gasteiger partial charge in [0.05, 0.1) is 15.9 Å². The van der Waals surface area contributed by atoms with E-state index in [1.807, 2.05) is 0 Å². The summed E-state index contributed by atoms with van der Waals surface area (Å²) in [7, 11) is 0. The van der Waals surface area contributed by atoms with Crippen LogP contribution in [-0.2, 0) is 16.1 Å². The van der Waals surface area contributed by atoms with Crippen LogP contribution in [0.25, 0.3) is 10.2 Å². The number of benzene rings is 2. The maximum atomic E-state index is 12.9. The van der Waals surface area contributed by atoms with Crippen LogP contribution in [0.5, 0.6) is 0 Å². The molecule has 0 aliphatic carbocycles. The van der Waals surface area contributed by atoms with E-state index >= 15 is 0 Å². The number of carbonyl (C=O) groups is 3. The smallest absolute Gasteiger partial charge is 0.279 e. The van der Waals surface area contributed by atoms with Crippen molar-refractivity contribution in [1.29, 1.82) is 0 Å². The molecule has 1 aromatic heterocycles. The Hall–Kier alpha value is -2.71. The van der Waals surface area contributed by atoms with Crippen molar-refractivity contribution < 1.29 is 14.4 Å². The van der Waals surface area contributed by atoms with Gasteiger partial charge in [0, 0.05) is 30.7 Å². The number of aryl methyl sites for hydroxylation is 3. The minimum absolute atomic E-state index is 0.209. The molecular weight excluding hydrogens is 430 g/mol. The van der Waals surface area contributed by atoms with Crippen LogP contribution in [0.15, 0.2) is 41.4 Å². The van der Waals surface area contributed by atoms with E-state index in [0.717, 1.165) is 22.5 Å². The summed E-state index contributed by atoms with van der Waals surface area (Å²) in [6.45, 7) is 4.92. The molecule has 0 unspecified atom stereocenters. The summed E-state index contributed by atoms with van der Waals surface area (Å²) in [5, 5.41) is 0. The van der Waals surface area contributed by atoms with Crippen molar-refractivity contribution in [2.24, 2.45) is 4.99 Å². The number of anilines is 1. The van der Waals surface area contributed by atoms with Gasteiger partial charge in [0.1, 0.15) is 0 Å². The van der Waals surface area contributed by atoms with Gasteiger partial charge in [0.2, 0.25) is 11.8 Å². The third-order valence-electron chi connectivity index (χ3n) is 5.25. The van der Waals surface area contributed by atoms with E-state index < -0.39 is 0 Å². The molecular formula is C23H23N3O3S2. The zero-order chi connectivity index (χ0) is 22.1. The van der Waals surface area contributed by atoms with E-state index in [0.29, 0.717) is 16.1 Å². The lowest BCUT2D eigenvalue weighted by Crippen LogP contribution is -2.28. The number of fused-ring (bicyclic) bond motifs is 1. The summed E-state index contributed by atoms with van der Waals surface area (Å²) in [5.74, 6) is 0.163.